The monoisotopic (exact) mass is 284 g/mol. The van der Waals surface area contributed by atoms with Crippen LogP contribution < -0.4 is 0 Å². The van der Waals surface area contributed by atoms with Gasteiger partial charge in [-0.25, -0.2) is 0 Å². The summed E-state index contributed by atoms with van der Waals surface area (Å²) in [6, 6.07) is 1.28. The van der Waals surface area contributed by atoms with E-state index in [2.05, 4.69) is 13.8 Å². The summed E-state index contributed by atoms with van der Waals surface area (Å²) >= 11 is 0. The highest BCUT2D eigenvalue weighted by Crippen LogP contribution is 2.10. The average molecular weight is 285 g/mol. The molecule has 0 fully saturated rings. The Morgan fingerprint density at radius 3 is 1.63 bits per heavy atom. The smallest absolute Gasteiger partial charge is 0.229 e. The van der Waals surface area contributed by atoms with E-state index in [4.69, 9.17) is 4.43 Å². The lowest BCUT2D eigenvalue weighted by Gasteiger charge is -2.03. The van der Waals surface area contributed by atoms with E-state index in [0.29, 0.717) is 0 Å². The molecule has 0 spiro atoms. The molecular weight excluding hydrogens is 248 g/mol. The first kappa shape index (κ1) is 19.2. The number of hydrogen-bond donors (Lipinski definition) is 0. The van der Waals surface area contributed by atoms with E-state index in [0.717, 1.165) is 16.4 Å². The normalized spacial score (nSPS) is 11.1. The quantitative estimate of drug-likeness (QED) is 0.244. The number of unbranched alkanes of at least 4 members (excludes halogenated alkanes) is 11. The molecule has 114 valence electrons. The van der Waals surface area contributed by atoms with Crippen LogP contribution in [0.3, 0.4) is 0 Å². The predicted molar refractivity (Wildman–Crippen MR) is 87.9 cm³/mol. The summed E-state index contributed by atoms with van der Waals surface area (Å²) in [4.78, 5) is 0. The van der Waals surface area contributed by atoms with E-state index in [1.54, 1.807) is 0 Å². The van der Waals surface area contributed by atoms with E-state index in [9.17, 15) is 0 Å². The second-order valence-corrected chi connectivity index (χ2v) is 6.71. The fourth-order valence-corrected chi connectivity index (χ4v) is 3.08. The molecule has 0 bridgehead atoms. The molecular formula is C17H36OSi. The van der Waals surface area contributed by atoms with Gasteiger partial charge in [0.15, 0.2) is 0 Å². The average Bonchev–Trinajstić information content (AvgIpc) is 2.43. The molecule has 19 heavy (non-hydrogen) atoms. The van der Waals surface area contributed by atoms with Crippen molar-refractivity contribution in [2.75, 3.05) is 6.61 Å². The maximum Gasteiger partial charge on any atom is 0.229 e. The van der Waals surface area contributed by atoms with Gasteiger partial charge >= 0.3 is 0 Å². The van der Waals surface area contributed by atoms with Gasteiger partial charge in [0.1, 0.15) is 0 Å². The molecule has 0 aromatic heterocycles. The third kappa shape index (κ3) is 18.2. The standard InChI is InChI=1S/C17H36OSi/c1-3-5-7-8-9-10-11-12-13-14-16-18-19-17-15-6-4-2/h3-17H2,1-2H3. The van der Waals surface area contributed by atoms with Crippen LogP contribution in [0.15, 0.2) is 0 Å². The third-order valence-corrected chi connectivity index (χ3v) is 4.55. The molecule has 0 aromatic rings. The Morgan fingerprint density at radius 2 is 1.05 bits per heavy atom. The van der Waals surface area contributed by atoms with Crippen LogP contribution in [0.2, 0.25) is 6.04 Å². The molecule has 0 atom stereocenters. The zero-order valence-corrected chi connectivity index (χ0v) is 14.5. The summed E-state index contributed by atoms with van der Waals surface area (Å²) in [6.45, 7) is 5.54. The van der Waals surface area contributed by atoms with Gasteiger partial charge in [-0.3, -0.25) is 0 Å². The van der Waals surface area contributed by atoms with Crippen molar-refractivity contribution in [3.05, 3.63) is 0 Å². The highest BCUT2D eigenvalue weighted by molar-refractivity contribution is 6.26. The summed E-state index contributed by atoms with van der Waals surface area (Å²) < 4.78 is 5.68. The molecule has 0 aliphatic carbocycles. The Kier molecular flexibility index (Phi) is 18.3. The van der Waals surface area contributed by atoms with Crippen molar-refractivity contribution in [1.29, 1.82) is 0 Å². The van der Waals surface area contributed by atoms with Crippen molar-refractivity contribution in [1.82, 2.24) is 0 Å². The zero-order chi connectivity index (χ0) is 14.0. The molecule has 0 rings (SSSR count). The van der Waals surface area contributed by atoms with Gasteiger partial charge in [0.25, 0.3) is 0 Å². The first-order chi connectivity index (χ1) is 9.41. The summed E-state index contributed by atoms with van der Waals surface area (Å²) in [6.07, 6.45) is 18.1. The molecule has 2 heteroatoms. The van der Waals surface area contributed by atoms with Gasteiger partial charge in [-0.1, -0.05) is 90.9 Å². The Labute approximate surface area is 124 Å². The second-order valence-electron chi connectivity index (χ2n) is 5.63. The maximum absolute atomic E-state index is 5.68. The molecule has 0 aromatic carbocycles. The van der Waals surface area contributed by atoms with Gasteiger partial charge in [-0.05, 0) is 12.5 Å². The second kappa shape index (κ2) is 18.2. The van der Waals surface area contributed by atoms with E-state index in [1.165, 1.54) is 89.5 Å². The molecule has 2 radical (unpaired) electrons. The molecule has 0 aliphatic heterocycles. The van der Waals surface area contributed by atoms with Gasteiger partial charge in [0.2, 0.25) is 9.76 Å². The zero-order valence-electron chi connectivity index (χ0n) is 13.5. The lowest BCUT2D eigenvalue weighted by molar-refractivity contribution is 0.319. The van der Waals surface area contributed by atoms with Crippen LogP contribution in [0, 0.1) is 0 Å². The Bertz CT molecular complexity index is 134. The van der Waals surface area contributed by atoms with Gasteiger partial charge in [-0.2, -0.15) is 0 Å². The van der Waals surface area contributed by atoms with Gasteiger partial charge < -0.3 is 4.43 Å². The Balaban J connectivity index is 2.88. The topological polar surface area (TPSA) is 9.23 Å². The van der Waals surface area contributed by atoms with Crippen LogP contribution in [0.5, 0.6) is 0 Å². The summed E-state index contributed by atoms with van der Waals surface area (Å²) in [5, 5.41) is 0. The summed E-state index contributed by atoms with van der Waals surface area (Å²) in [7, 11) is 0.754. The molecule has 0 amide bonds. The molecule has 0 aliphatic rings. The largest absolute Gasteiger partial charge is 0.417 e. The minimum absolute atomic E-state index is 0.754. The van der Waals surface area contributed by atoms with Crippen LogP contribution in [-0.2, 0) is 4.43 Å². The van der Waals surface area contributed by atoms with Gasteiger partial charge in [0.05, 0.1) is 0 Å². The van der Waals surface area contributed by atoms with E-state index in [-0.39, 0.29) is 0 Å². The van der Waals surface area contributed by atoms with E-state index in [1.807, 2.05) is 0 Å². The van der Waals surface area contributed by atoms with Crippen molar-refractivity contribution in [2.24, 2.45) is 0 Å². The minimum atomic E-state index is 0.754. The summed E-state index contributed by atoms with van der Waals surface area (Å²) in [5.74, 6) is 0. The number of rotatable bonds is 16. The van der Waals surface area contributed by atoms with Crippen LogP contribution in [-0.4, -0.2) is 16.4 Å². The van der Waals surface area contributed by atoms with Crippen LogP contribution in [0.4, 0.5) is 0 Å². The van der Waals surface area contributed by atoms with Gasteiger partial charge in [-0.15, -0.1) is 0 Å². The fourth-order valence-electron chi connectivity index (χ4n) is 2.25. The van der Waals surface area contributed by atoms with Crippen molar-refractivity contribution in [3.8, 4) is 0 Å². The SMILES string of the molecule is CCCCCCCCCCCCO[Si]CCCCC. The lowest BCUT2D eigenvalue weighted by Crippen LogP contribution is -2.00. The maximum atomic E-state index is 5.68. The van der Waals surface area contributed by atoms with Crippen molar-refractivity contribution >= 4 is 9.76 Å². The first-order valence-electron chi connectivity index (χ1n) is 8.76. The third-order valence-electron chi connectivity index (χ3n) is 3.58. The van der Waals surface area contributed by atoms with Crippen molar-refractivity contribution in [2.45, 2.75) is 103 Å². The predicted octanol–water partition coefficient (Wildman–Crippen LogP) is 6.15. The van der Waals surface area contributed by atoms with E-state index >= 15 is 0 Å². The Hall–Kier alpha value is 0.177. The highest BCUT2D eigenvalue weighted by atomic mass is 28.2. The molecule has 1 nitrogen and oxygen atoms in total. The van der Waals surface area contributed by atoms with Crippen LogP contribution in [0.25, 0.3) is 0 Å². The van der Waals surface area contributed by atoms with Crippen LogP contribution in [0.1, 0.15) is 97.3 Å². The van der Waals surface area contributed by atoms with Crippen LogP contribution >= 0.6 is 0 Å². The molecule has 0 unspecified atom stereocenters. The molecule has 0 saturated carbocycles. The highest BCUT2D eigenvalue weighted by Gasteiger charge is 1.94. The van der Waals surface area contributed by atoms with Crippen molar-refractivity contribution < 1.29 is 4.43 Å². The Morgan fingerprint density at radius 1 is 0.579 bits per heavy atom. The van der Waals surface area contributed by atoms with E-state index < -0.39 is 0 Å². The van der Waals surface area contributed by atoms with Gasteiger partial charge in [0, 0.05) is 6.61 Å². The van der Waals surface area contributed by atoms with Crippen molar-refractivity contribution in [3.63, 3.8) is 0 Å². The minimum Gasteiger partial charge on any atom is -0.417 e. The first-order valence-corrected chi connectivity index (χ1v) is 9.88. The fraction of sp³-hybridized carbons (Fsp3) is 1.00. The summed E-state index contributed by atoms with van der Waals surface area (Å²) in [5.41, 5.74) is 0. The lowest BCUT2D eigenvalue weighted by atomic mass is 10.1. The number of hydrogen-bond acceptors (Lipinski definition) is 1. The molecule has 0 N–H and O–H groups in total. The molecule has 0 saturated heterocycles. The molecule has 0 heterocycles.